The lowest BCUT2D eigenvalue weighted by molar-refractivity contribution is 0.329. The van der Waals surface area contributed by atoms with Crippen LogP contribution in [0.15, 0.2) is 62.3 Å². The van der Waals surface area contributed by atoms with E-state index < -0.39 is 0 Å². The van der Waals surface area contributed by atoms with E-state index in [1.165, 1.54) is 0 Å². The lowest BCUT2D eigenvalue weighted by atomic mass is 9.85. The Balaban J connectivity index is 4.29. The zero-order valence-electron chi connectivity index (χ0n) is 12.0. The monoisotopic (exact) mass is 245 g/mol. The van der Waals surface area contributed by atoms with Crippen molar-refractivity contribution in [3.05, 3.63) is 62.3 Å². The number of rotatable bonds is 10. The van der Waals surface area contributed by atoms with Gasteiger partial charge in [0.15, 0.2) is 0 Å². The molecule has 0 rings (SSSR count). The van der Waals surface area contributed by atoms with Crippen molar-refractivity contribution in [2.75, 3.05) is 6.54 Å². The summed E-state index contributed by atoms with van der Waals surface area (Å²) >= 11 is 0. The summed E-state index contributed by atoms with van der Waals surface area (Å²) in [6.07, 6.45) is 7.34. The number of hydrogen-bond acceptors (Lipinski definition) is 1. The van der Waals surface area contributed by atoms with Gasteiger partial charge in [-0.3, -0.25) is 0 Å². The molecular weight excluding hydrogens is 218 g/mol. The molecule has 0 heterocycles. The molecule has 0 aromatic heterocycles. The van der Waals surface area contributed by atoms with E-state index in [1.807, 2.05) is 12.2 Å². The normalized spacial score (nSPS) is 12.6. The van der Waals surface area contributed by atoms with Crippen LogP contribution in [-0.4, -0.2) is 12.6 Å². The van der Waals surface area contributed by atoms with E-state index in [4.69, 9.17) is 0 Å². The maximum absolute atomic E-state index is 3.97. The minimum absolute atomic E-state index is 0.155. The van der Waals surface area contributed by atoms with Gasteiger partial charge in [-0.05, 0) is 18.3 Å². The van der Waals surface area contributed by atoms with Crippen LogP contribution in [0.5, 0.6) is 0 Å². The molecule has 0 radical (unpaired) electrons. The highest BCUT2D eigenvalue weighted by Gasteiger charge is 2.19. The lowest BCUT2D eigenvalue weighted by Crippen LogP contribution is -2.36. The molecule has 0 fully saturated rings. The summed E-state index contributed by atoms with van der Waals surface area (Å²) in [6, 6.07) is 0.242. The first-order valence-electron chi connectivity index (χ1n) is 6.31. The quantitative estimate of drug-likeness (QED) is 0.444. The molecule has 0 amide bonds. The third kappa shape index (κ3) is 7.08. The molecule has 0 saturated carbocycles. The predicted octanol–water partition coefficient (Wildman–Crippen LogP) is 4.42. The highest BCUT2D eigenvalue weighted by molar-refractivity contribution is 5.15. The van der Waals surface area contributed by atoms with Gasteiger partial charge < -0.3 is 5.32 Å². The molecule has 1 unspecified atom stereocenters. The van der Waals surface area contributed by atoms with Crippen LogP contribution < -0.4 is 5.32 Å². The van der Waals surface area contributed by atoms with Gasteiger partial charge >= 0.3 is 0 Å². The Bertz CT molecular complexity index is 334. The van der Waals surface area contributed by atoms with Crippen LogP contribution in [0.25, 0.3) is 0 Å². The molecule has 0 spiro atoms. The highest BCUT2D eigenvalue weighted by Crippen LogP contribution is 2.24. The van der Waals surface area contributed by atoms with E-state index in [9.17, 15) is 0 Å². The number of allylic oxidation sites excluding steroid dienone is 3. The summed E-state index contributed by atoms with van der Waals surface area (Å²) in [4.78, 5) is 0. The summed E-state index contributed by atoms with van der Waals surface area (Å²) < 4.78 is 0. The van der Waals surface area contributed by atoms with Crippen LogP contribution in [0, 0.1) is 5.41 Å². The Hall–Kier alpha value is -1.34. The van der Waals surface area contributed by atoms with E-state index >= 15 is 0 Å². The Labute approximate surface area is 113 Å². The van der Waals surface area contributed by atoms with Crippen molar-refractivity contribution in [3.63, 3.8) is 0 Å². The first-order chi connectivity index (χ1) is 8.34. The van der Waals surface area contributed by atoms with Gasteiger partial charge in [0, 0.05) is 12.6 Å². The van der Waals surface area contributed by atoms with Crippen LogP contribution in [0.4, 0.5) is 0 Å². The molecule has 0 aromatic rings. The Kier molecular flexibility index (Phi) is 7.30. The van der Waals surface area contributed by atoms with Crippen molar-refractivity contribution in [1.29, 1.82) is 0 Å². The van der Waals surface area contributed by atoms with Crippen molar-refractivity contribution < 1.29 is 0 Å². The second-order valence-corrected chi connectivity index (χ2v) is 5.49. The van der Waals surface area contributed by atoms with Gasteiger partial charge in [-0.25, -0.2) is 0 Å². The van der Waals surface area contributed by atoms with Crippen molar-refractivity contribution >= 4 is 0 Å². The Morgan fingerprint density at radius 3 is 2.11 bits per heavy atom. The topological polar surface area (TPSA) is 12.0 Å². The number of hydrogen-bond donors (Lipinski definition) is 1. The summed E-state index contributed by atoms with van der Waals surface area (Å²) in [5.41, 5.74) is 2.26. The van der Waals surface area contributed by atoms with Crippen LogP contribution in [0.3, 0.4) is 0 Å². The standard InChI is InChI=1S/C17H27N/c1-8-14(4)11-16(10-3)18-13-17(6,7)12-15(5)9-2/h8-10,16,18H,1-5,11-13H2,6-7H3. The first kappa shape index (κ1) is 16.7. The van der Waals surface area contributed by atoms with E-state index in [0.29, 0.717) is 0 Å². The van der Waals surface area contributed by atoms with Crippen LogP contribution in [0.2, 0.25) is 0 Å². The van der Waals surface area contributed by atoms with Gasteiger partial charge in [0.2, 0.25) is 0 Å². The van der Waals surface area contributed by atoms with E-state index in [-0.39, 0.29) is 11.5 Å². The third-order valence-corrected chi connectivity index (χ3v) is 2.89. The lowest BCUT2D eigenvalue weighted by Gasteiger charge is -2.28. The van der Waals surface area contributed by atoms with E-state index in [1.54, 1.807) is 6.08 Å². The zero-order chi connectivity index (χ0) is 14.2. The second kappa shape index (κ2) is 7.88. The summed E-state index contributed by atoms with van der Waals surface area (Å²) in [7, 11) is 0. The van der Waals surface area contributed by atoms with Crippen LogP contribution in [0.1, 0.15) is 26.7 Å². The molecule has 0 aliphatic heterocycles. The SMILES string of the molecule is C=CC(=C)CC(C=C)NCC(C)(C)CC(=C)C=C. The largest absolute Gasteiger partial charge is 0.310 e. The van der Waals surface area contributed by atoms with Gasteiger partial charge in [0.1, 0.15) is 0 Å². The molecular formula is C17H27N. The van der Waals surface area contributed by atoms with Gasteiger partial charge in [-0.1, -0.05) is 69.5 Å². The number of nitrogens with one attached hydrogen (secondary N) is 1. The molecule has 0 saturated heterocycles. The van der Waals surface area contributed by atoms with Gasteiger partial charge in [0.25, 0.3) is 0 Å². The molecule has 1 N–H and O–H groups in total. The van der Waals surface area contributed by atoms with Crippen LogP contribution >= 0.6 is 0 Å². The van der Waals surface area contributed by atoms with Gasteiger partial charge in [-0.15, -0.1) is 6.58 Å². The second-order valence-electron chi connectivity index (χ2n) is 5.49. The fourth-order valence-electron chi connectivity index (χ4n) is 1.76. The average molecular weight is 245 g/mol. The molecule has 1 nitrogen and oxygen atoms in total. The highest BCUT2D eigenvalue weighted by atomic mass is 14.9. The predicted molar refractivity (Wildman–Crippen MR) is 83.7 cm³/mol. The molecule has 0 aliphatic carbocycles. The molecule has 1 atom stereocenters. The van der Waals surface area contributed by atoms with E-state index in [0.717, 1.165) is 30.5 Å². The van der Waals surface area contributed by atoms with Gasteiger partial charge in [-0.2, -0.15) is 0 Å². The van der Waals surface area contributed by atoms with Crippen molar-refractivity contribution in [2.45, 2.75) is 32.7 Å². The summed E-state index contributed by atoms with van der Waals surface area (Å²) in [5.74, 6) is 0. The summed E-state index contributed by atoms with van der Waals surface area (Å²) in [5, 5.41) is 3.50. The maximum atomic E-state index is 3.97. The van der Waals surface area contributed by atoms with Crippen molar-refractivity contribution in [2.24, 2.45) is 5.41 Å². The zero-order valence-corrected chi connectivity index (χ0v) is 12.0. The Morgan fingerprint density at radius 1 is 1.11 bits per heavy atom. The van der Waals surface area contributed by atoms with Gasteiger partial charge in [0.05, 0.1) is 0 Å². The van der Waals surface area contributed by atoms with Crippen LogP contribution in [-0.2, 0) is 0 Å². The molecule has 0 aliphatic rings. The van der Waals surface area contributed by atoms with E-state index in [2.05, 4.69) is 52.1 Å². The third-order valence-electron chi connectivity index (χ3n) is 2.89. The Morgan fingerprint density at radius 2 is 1.67 bits per heavy atom. The maximum Gasteiger partial charge on any atom is 0.0287 e. The van der Waals surface area contributed by atoms with Crippen molar-refractivity contribution in [3.8, 4) is 0 Å². The smallest absolute Gasteiger partial charge is 0.0287 e. The molecule has 0 bridgehead atoms. The first-order valence-corrected chi connectivity index (χ1v) is 6.31. The minimum atomic E-state index is 0.155. The fraction of sp³-hybridized carbons (Fsp3) is 0.412. The summed E-state index contributed by atoms with van der Waals surface area (Å²) in [6.45, 7) is 24.6. The molecule has 1 heteroatoms. The molecule has 0 aromatic carbocycles. The minimum Gasteiger partial charge on any atom is -0.310 e. The fourth-order valence-corrected chi connectivity index (χ4v) is 1.76. The average Bonchev–Trinajstić information content (AvgIpc) is 2.33. The van der Waals surface area contributed by atoms with Crippen molar-refractivity contribution in [1.82, 2.24) is 5.32 Å². The molecule has 100 valence electrons. The molecule has 18 heavy (non-hydrogen) atoms.